The zero-order valence-electron chi connectivity index (χ0n) is 47.9. The summed E-state index contributed by atoms with van der Waals surface area (Å²) in [5.41, 5.74) is 21.3. The number of hydrogen-bond acceptors (Lipinski definition) is 4. The molecule has 0 saturated heterocycles. The van der Waals surface area contributed by atoms with Crippen LogP contribution in [-0.2, 0) is 10.8 Å². The van der Waals surface area contributed by atoms with Gasteiger partial charge in [0.1, 0.15) is 0 Å². The maximum atomic E-state index is 2.43. The van der Waals surface area contributed by atoms with Gasteiger partial charge in [0.15, 0.2) is 0 Å². The summed E-state index contributed by atoms with van der Waals surface area (Å²) in [6.07, 6.45) is 0. The van der Waals surface area contributed by atoms with Crippen LogP contribution < -0.4 is 9.80 Å². The van der Waals surface area contributed by atoms with Crippen molar-refractivity contribution in [2.75, 3.05) is 9.80 Å². The van der Waals surface area contributed by atoms with Crippen molar-refractivity contribution in [3.05, 3.63) is 372 Å². The van der Waals surface area contributed by atoms with E-state index in [0.717, 1.165) is 34.1 Å². The largest absolute Gasteiger partial charge is 0.310 e. The molecule has 2 aliphatic carbocycles. The molecule has 2 aliphatic rings. The molecule has 0 atom stereocenters. The normalized spacial score (nSPS) is 13.4. The van der Waals surface area contributed by atoms with Crippen LogP contribution in [0.3, 0.4) is 0 Å². The Labute approximate surface area is 519 Å². The molecule has 0 spiro atoms. The van der Waals surface area contributed by atoms with Crippen LogP contribution in [0.5, 0.6) is 0 Å². The molecule has 0 bridgehead atoms. The van der Waals surface area contributed by atoms with E-state index < -0.39 is 10.8 Å². The number of benzene rings is 14. The maximum Gasteiger partial charge on any atom is 0.0713 e. The number of nitrogens with zero attached hydrogens (tertiary/aromatic N) is 2. The average Bonchev–Trinajstić information content (AvgIpc) is 1.76. The first-order valence-electron chi connectivity index (χ1n) is 30.3. The fourth-order valence-corrected chi connectivity index (χ4v) is 17.6. The summed E-state index contributed by atoms with van der Waals surface area (Å²) in [5, 5.41) is 7.65. The minimum Gasteiger partial charge on any atom is -0.310 e. The smallest absolute Gasteiger partial charge is 0.0713 e. The van der Waals surface area contributed by atoms with E-state index in [2.05, 4.69) is 337 Å². The van der Waals surface area contributed by atoms with Crippen LogP contribution >= 0.6 is 22.7 Å². The van der Waals surface area contributed by atoms with Crippen LogP contribution in [0.1, 0.15) is 44.5 Å². The minimum absolute atomic E-state index is 0.457. The van der Waals surface area contributed by atoms with Crippen molar-refractivity contribution < 1.29 is 0 Å². The lowest BCUT2D eigenvalue weighted by Gasteiger charge is -2.34. The Morgan fingerprint density at radius 1 is 0.205 bits per heavy atom. The second-order valence-corrected chi connectivity index (χ2v) is 25.6. The van der Waals surface area contributed by atoms with Gasteiger partial charge in [-0.1, -0.05) is 231 Å². The maximum absolute atomic E-state index is 2.43. The van der Waals surface area contributed by atoms with Crippen molar-refractivity contribution in [2.24, 2.45) is 0 Å². The predicted molar refractivity (Wildman–Crippen MR) is 374 cm³/mol. The molecule has 0 radical (unpaired) electrons. The molecule has 0 amide bonds. The molecule has 4 heteroatoms. The van der Waals surface area contributed by atoms with Crippen LogP contribution in [0.25, 0.3) is 73.4 Å². The number of anilines is 6. The van der Waals surface area contributed by atoms with Crippen LogP contribution in [0.4, 0.5) is 34.1 Å². The Bertz CT molecular complexity index is 4950. The van der Waals surface area contributed by atoms with E-state index in [4.69, 9.17) is 0 Å². The molecule has 2 heterocycles. The third-order valence-corrected chi connectivity index (χ3v) is 21.2. The molecule has 88 heavy (non-hydrogen) atoms. The molecule has 0 fully saturated rings. The standard InChI is InChI=1S/C84H54N2S2/c1-5-21-57(22-6-1)83(75-33-17-13-29-67(75)68-30-14-18-34-76(68)83)59-37-41-63(42-38-59)85(61-25-9-3-10-26-61)65-45-47-71-73-49-55-50-74-72-48-46-66(54-82(72)88-80(74)52-56(55)51-79(73)87-81(71)53-65)86(62-27-11-4-12-28-62)64-43-39-60(40-44-64)84(58-23-7-2-8-24-58)77-35-19-15-31-69(77)70-32-16-20-36-78(70)84/h1-54H. The van der Waals surface area contributed by atoms with Gasteiger partial charge in [0.25, 0.3) is 0 Å². The highest BCUT2D eigenvalue weighted by molar-refractivity contribution is 7.26. The molecule has 412 valence electrons. The quantitative estimate of drug-likeness (QED) is 0.135. The van der Waals surface area contributed by atoms with Gasteiger partial charge in [-0.3, -0.25) is 0 Å². The van der Waals surface area contributed by atoms with Crippen LogP contribution in [0, 0.1) is 0 Å². The first-order valence-corrected chi connectivity index (χ1v) is 31.9. The predicted octanol–water partition coefficient (Wildman–Crippen LogP) is 23.2. The third-order valence-electron chi connectivity index (χ3n) is 19.0. The number of thiophene rings is 2. The number of para-hydroxylation sites is 2. The second kappa shape index (κ2) is 20.0. The van der Waals surface area contributed by atoms with Crippen LogP contribution in [0.2, 0.25) is 0 Å². The van der Waals surface area contributed by atoms with Crippen LogP contribution in [-0.4, -0.2) is 0 Å². The van der Waals surface area contributed by atoms with Gasteiger partial charge >= 0.3 is 0 Å². The van der Waals surface area contributed by atoms with E-state index in [-0.39, 0.29) is 0 Å². The topological polar surface area (TPSA) is 6.48 Å². The van der Waals surface area contributed by atoms with Gasteiger partial charge in [0.2, 0.25) is 0 Å². The van der Waals surface area contributed by atoms with Crippen LogP contribution in [0.15, 0.2) is 328 Å². The highest BCUT2D eigenvalue weighted by atomic mass is 32.1. The molecule has 0 aliphatic heterocycles. The van der Waals surface area contributed by atoms with Gasteiger partial charge in [-0.15, -0.1) is 22.7 Å². The Balaban J connectivity index is 0.699. The van der Waals surface area contributed by atoms with Gasteiger partial charge in [0.05, 0.1) is 10.8 Å². The summed E-state index contributed by atoms with van der Waals surface area (Å²) in [5.74, 6) is 0. The zero-order valence-corrected chi connectivity index (χ0v) is 49.5. The average molecular weight is 1160 g/mol. The fraction of sp³-hybridized carbons (Fsp3) is 0.0238. The fourth-order valence-electron chi connectivity index (χ4n) is 15.2. The van der Waals surface area contributed by atoms with E-state index in [1.54, 1.807) is 0 Å². The molecule has 0 unspecified atom stereocenters. The Hall–Kier alpha value is -10.6. The number of fused-ring (bicyclic) bond motifs is 13. The van der Waals surface area contributed by atoms with Gasteiger partial charge in [-0.05, 0) is 175 Å². The Kier molecular flexibility index (Phi) is 11.5. The SMILES string of the molecule is c1ccc(N(c2ccc(C3(c4ccccc4)c4ccccc4-c4ccccc43)cc2)c2ccc3c(c2)sc2cc4cc5sc6cc(N(c7ccccc7)c7ccc(C8(c9ccccc9)c9ccccc9-c9ccccc98)cc7)ccc6c5cc4cc23)cc1. The van der Waals surface area contributed by atoms with Gasteiger partial charge in [-0.25, -0.2) is 0 Å². The molecule has 0 N–H and O–H groups in total. The third kappa shape index (κ3) is 7.53. The zero-order chi connectivity index (χ0) is 57.9. The van der Waals surface area contributed by atoms with Gasteiger partial charge < -0.3 is 9.80 Å². The molecular formula is C84H54N2S2. The molecule has 14 aromatic carbocycles. The Morgan fingerprint density at radius 3 is 0.841 bits per heavy atom. The van der Waals surface area contributed by atoms with E-state index >= 15 is 0 Å². The highest BCUT2D eigenvalue weighted by Crippen LogP contribution is 2.58. The summed E-state index contributed by atoms with van der Waals surface area (Å²) >= 11 is 3.77. The molecule has 2 aromatic heterocycles. The van der Waals surface area contributed by atoms with Crippen molar-refractivity contribution in [1.29, 1.82) is 0 Å². The number of hydrogen-bond donors (Lipinski definition) is 0. The molecule has 18 rings (SSSR count). The summed E-state index contributed by atoms with van der Waals surface area (Å²) in [4.78, 5) is 4.82. The first-order chi connectivity index (χ1) is 43.6. The second-order valence-electron chi connectivity index (χ2n) is 23.5. The monoisotopic (exact) mass is 1150 g/mol. The van der Waals surface area contributed by atoms with E-state index in [0.29, 0.717) is 0 Å². The van der Waals surface area contributed by atoms with Gasteiger partial charge in [0, 0.05) is 74.5 Å². The van der Waals surface area contributed by atoms with Crippen molar-refractivity contribution in [1.82, 2.24) is 0 Å². The van der Waals surface area contributed by atoms with E-state index in [9.17, 15) is 0 Å². The first kappa shape index (κ1) is 50.7. The van der Waals surface area contributed by atoms with E-state index in [1.807, 2.05) is 22.7 Å². The lowest BCUT2D eigenvalue weighted by molar-refractivity contribution is 0.768. The van der Waals surface area contributed by atoms with E-state index in [1.165, 1.54) is 118 Å². The summed E-state index contributed by atoms with van der Waals surface area (Å²) in [6, 6.07) is 122. The summed E-state index contributed by atoms with van der Waals surface area (Å²) < 4.78 is 5.12. The molecule has 2 nitrogen and oxygen atoms in total. The molecular weight excluding hydrogens is 1100 g/mol. The molecule has 0 saturated carbocycles. The summed E-state index contributed by atoms with van der Waals surface area (Å²) in [7, 11) is 0. The Morgan fingerprint density at radius 2 is 0.477 bits per heavy atom. The van der Waals surface area contributed by atoms with Crippen molar-refractivity contribution in [3.8, 4) is 22.3 Å². The van der Waals surface area contributed by atoms with Crippen molar-refractivity contribution in [2.45, 2.75) is 10.8 Å². The van der Waals surface area contributed by atoms with Crippen molar-refractivity contribution in [3.63, 3.8) is 0 Å². The molecule has 16 aromatic rings. The highest BCUT2D eigenvalue weighted by Gasteiger charge is 2.47. The van der Waals surface area contributed by atoms with Crippen molar-refractivity contribution >= 4 is 108 Å². The van der Waals surface area contributed by atoms with Gasteiger partial charge in [-0.2, -0.15) is 0 Å². The summed E-state index contributed by atoms with van der Waals surface area (Å²) in [6.45, 7) is 0. The minimum atomic E-state index is -0.457. The lowest BCUT2D eigenvalue weighted by atomic mass is 9.68. The number of rotatable bonds is 10. The lowest BCUT2D eigenvalue weighted by Crippen LogP contribution is -2.28.